The first-order chi connectivity index (χ1) is 7.41. The second-order valence-corrected chi connectivity index (χ2v) is 3.97. The lowest BCUT2D eigenvalue weighted by Crippen LogP contribution is -2.18. The molecule has 0 fully saturated rings. The van der Waals surface area contributed by atoms with Crippen LogP contribution >= 0.6 is 11.6 Å². The Bertz CT molecular complexity index is 432. The third-order valence-corrected chi connectivity index (χ3v) is 2.27. The first-order valence-corrected chi connectivity index (χ1v) is 5.04. The number of non-ortho nitro benzene ring substituents is 1. The average Bonchev–Trinajstić information content (AvgIpc) is 2.20. The van der Waals surface area contributed by atoms with Gasteiger partial charge in [0, 0.05) is 18.1 Å². The molecule has 1 N–H and O–H groups in total. The van der Waals surface area contributed by atoms with Crippen LogP contribution in [0.1, 0.15) is 13.8 Å². The molecule has 0 bridgehead atoms. The zero-order valence-electron chi connectivity index (χ0n) is 8.86. The normalized spacial score (nSPS) is 10.2. The molecule has 0 heterocycles. The van der Waals surface area contributed by atoms with Crippen LogP contribution in [0.3, 0.4) is 0 Å². The SMILES string of the molecule is CC(C)C(=O)Nc1cc([N+](=O)[O-])ccc1Cl. The molecule has 5 nitrogen and oxygen atoms in total. The van der Waals surface area contributed by atoms with Crippen molar-refractivity contribution in [3.63, 3.8) is 0 Å². The van der Waals surface area contributed by atoms with Gasteiger partial charge in [-0.2, -0.15) is 0 Å². The number of carbonyl (C=O) groups is 1. The first-order valence-electron chi connectivity index (χ1n) is 4.66. The molecule has 0 aliphatic carbocycles. The van der Waals surface area contributed by atoms with E-state index in [-0.39, 0.29) is 28.2 Å². The molecule has 1 aromatic carbocycles. The Hall–Kier alpha value is -1.62. The largest absolute Gasteiger partial charge is 0.324 e. The van der Waals surface area contributed by atoms with Crippen LogP contribution < -0.4 is 5.32 Å². The minimum Gasteiger partial charge on any atom is -0.324 e. The zero-order chi connectivity index (χ0) is 12.3. The van der Waals surface area contributed by atoms with Gasteiger partial charge in [-0.25, -0.2) is 0 Å². The maximum Gasteiger partial charge on any atom is 0.271 e. The number of nitrogens with one attached hydrogen (secondary N) is 1. The van der Waals surface area contributed by atoms with Crippen LogP contribution in [0, 0.1) is 16.0 Å². The van der Waals surface area contributed by atoms with E-state index in [1.54, 1.807) is 13.8 Å². The van der Waals surface area contributed by atoms with Crippen molar-refractivity contribution in [1.82, 2.24) is 0 Å². The molecule has 16 heavy (non-hydrogen) atoms. The van der Waals surface area contributed by atoms with Gasteiger partial charge in [0.25, 0.3) is 5.69 Å². The van der Waals surface area contributed by atoms with E-state index >= 15 is 0 Å². The summed E-state index contributed by atoms with van der Waals surface area (Å²) in [5.41, 5.74) is 0.151. The maximum absolute atomic E-state index is 11.4. The van der Waals surface area contributed by atoms with Gasteiger partial charge in [-0.3, -0.25) is 14.9 Å². The number of nitro groups is 1. The Balaban J connectivity index is 2.99. The van der Waals surface area contributed by atoms with Gasteiger partial charge in [-0.1, -0.05) is 25.4 Å². The molecule has 0 aliphatic rings. The van der Waals surface area contributed by atoms with Crippen LogP contribution in [0.15, 0.2) is 18.2 Å². The van der Waals surface area contributed by atoms with Crippen LogP contribution in [0.25, 0.3) is 0 Å². The number of anilines is 1. The zero-order valence-corrected chi connectivity index (χ0v) is 9.62. The van der Waals surface area contributed by atoms with Crippen molar-refractivity contribution in [2.75, 3.05) is 5.32 Å². The second-order valence-electron chi connectivity index (χ2n) is 3.57. The smallest absolute Gasteiger partial charge is 0.271 e. The standard InChI is InChI=1S/C10H11ClN2O3/c1-6(2)10(14)12-9-5-7(13(15)16)3-4-8(9)11/h3-6H,1-2H3,(H,12,14). The average molecular weight is 243 g/mol. The summed E-state index contributed by atoms with van der Waals surface area (Å²) in [6, 6.07) is 3.91. The fraction of sp³-hybridized carbons (Fsp3) is 0.300. The lowest BCUT2D eigenvalue weighted by atomic mass is 10.2. The van der Waals surface area contributed by atoms with Gasteiger partial charge in [-0.05, 0) is 6.07 Å². The van der Waals surface area contributed by atoms with E-state index in [9.17, 15) is 14.9 Å². The quantitative estimate of drug-likeness (QED) is 0.654. The van der Waals surface area contributed by atoms with Crippen molar-refractivity contribution in [2.24, 2.45) is 5.92 Å². The van der Waals surface area contributed by atoms with Crippen LogP contribution in [-0.2, 0) is 4.79 Å². The summed E-state index contributed by atoms with van der Waals surface area (Å²) in [7, 11) is 0. The van der Waals surface area contributed by atoms with E-state index in [0.717, 1.165) is 0 Å². The number of benzene rings is 1. The van der Waals surface area contributed by atoms with E-state index in [1.165, 1.54) is 18.2 Å². The summed E-state index contributed by atoms with van der Waals surface area (Å²) >= 11 is 5.81. The number of carbonyl (C=O) groups excluding carboxylic acids is 1. The van der Waals surface area contributed by atoms with Crippen molar-refractivity contribution < 1.29 is 9.72 Å². The fourth-order valence-corrected chi connectivity index (χ4v) is 1.16. The van der Waals surface area contributed by atoms with Gasteiger partial charge in [0.1, 0.15) is 0 Å². The van der Waals surface area contributed by atoms with Crippen LogP contribution in [0.2, 0.25) is 5.02 Å². The summed E-state index contributed by atoms with van der Waals surface area (Å²) < 4.78 is 0. The third kappa shape index (κ3) is 2.93. The molecule has 1 amide bonds. The minimum atomic E-state index is -0.540. The Kier molecular flexibility index (Phi) is 3.84. The molecule has 6 heteroatoms. The summed E-state index contributed by atoms with van der Waals surface area (Å²) in [4.78, 5) is 21.4. The molecular formula is C10H11ClN2O3. The Morgan fingerprint density at radius 3 is 2.62 bits per heavy atom. The van der Waals surface area contributed by atoms with Crippen LogP contribution in [0.5, 0.6) is 0 Å². The highest BCUT2D eigenvalue weighted by atomic mass is 35.5. The fourth-order valence-electron chi connectivity index (χ4n) is 1.000. The molecule has 0 radical (unpaired) electrons. The Labute approximate surface area is 97.6 Å². The number of hydrogen-bond donors (Lipinski definition) is 1. The summed E-state index contributed by atoms with van der Waals surface area (Å²) in [5.74, 6) is -0.447. The van der Waals surface area contributed by atoms with Gasteiger partial charge >= 0.3 is 0 Å². The summed E-state index contributed by atoms with van der Waals surface area (Å²) in [5, 5.41) is 13.3. The van der Waals surface area contributed by atoms with Crippen molar-refractivity contribution in [1.29, 1.82) is 0 Å². The number of halogens is 1. The van der Waals surface area contributed by atoms with Crippen molar-refractivity contribution >= 4 is 28.9 Å². The molecular weight excluding hydrogens is 232 g/mol. The van der Waals surface area contributed by atoms with Gasteiger partial charge in [-0.15, -0.1) is 0 Å². The van der Waals surface area contributed by atoms with Gasteiger partial charge in [0.05, 0.1) is 15.6 Å². The molecule has 1 aromatic rings. The molecule has 0 spiro atoms. The van der Waals surface area contributed by atoms with Crippen molar-refractivity contribution in [2.45, 2.75) is 13.8 Å². The monoisotopic (exact) mass is 242 g/mol. The van der Waals surface area contributed by atoms with Crippen molar-refractivity contribution in [3.8, 4) is 0 Å². The highest BCUT2D eigenvalue weighted by Crippen LogP contribution is 2.26. The summed E-state index contributed by atoms with van der Waals surface area (Å²) in [6.45, 7) is 3.45. The topological polar surface area (TPSA) is 72.2 Å². The molecule has 0 atom stereocenters. The molecule has 0 saturated carbocycles. The van der Waals surface area contributed by atoms with E-state index in [2.05, 4.69) is 5.32 Å². The number of hydrogen-bond acceptors (Lipinski definition) is 3. The number of nitrogens with zero attached hydrogens (tertiary/aromatic N) is 1. The molecule has 0 unspecified atom stereocenters. The van der Waals surface area contributed by atoms with Gasteiger partial charge in [0.15, 0.2) is 0 Å². The number of rotatable bonds is 3. The maximum atomic E-state index is 11.4. The van der Waals surface area contributed by atoms with E-state index < -0.39 is 4.92 Å². The number of amides is 1. The summed E-state index contributed by atoms with van der Waals surface area (Å²) in [6.07, 6.45) is 0. The van der Waals surface area contributed by atoms with E-state index in [1.807, 2.05) is 0 Å². The minimum absolute atomic E-state index is 0.108. The van der Waals surface area contributed by atoms with Gasteiger partial charge in [0.2, 0.25) is 5.91 Å². The molecule has 86 valence electrons. The Morgan fingerprint density at radius 1 is 1.50 bits per heavy atom. The van der Waals surface area contributed by atoms with Crippen LogP contribution in [0.4, 0.5) is 11.4 Å². The van der Waals surface area contributed by atoms with Gasteiger partial charge < -0.3 is 5.32 Å². The molecule has 0 aliphatic heterocycles. The lowest BCUT2D eigenvalue weighted by molar-refractivity contribution is -0.384. The first kappa shape index (κ1) is 12.4. The third-order valence-electron chi connectivity index (χ3n) is 1.94. The number of nitro benzene ring substituents is 1. The second kappa shape index (κ2) is 4.94. The van der Waals surface area contributed by atoms with Crippen molar-refractivity contribution in [3.05, 3.63) is 33.3 Å². The molecule has 1 rings (SSSR count). The Morgan fingerprint density at radius 2 is 2.12 bits per heavy atom. The lowest BCUT2D eigenvalue weighted by Gasteiger charge is -2.08. The predicted molar refractivity (Wildman–Crippen MR) is 61.6 cm³/mol. The highest BCUT2D eigenvalue weighted by molar-refractivity contribution is 6.33. The van der Waals surface area contributed by atoms with E-state index in [0.29, 0.717) is 0 Å². The molecule has 0 saturated heterocycles. The van der Waals surface area contributed by atoms with E-state index in [4.69, 9.17) is 11.6 Å². The predicted octanol–water partition coefficient (Wildman–Crippen LogP) is 2.84. The molecule has 0 aromatic heterocycles. The highest BCUT2D eigenvalue weighted by Gasteiger charge is 2.13. The van der Waals surface area contributed by atoms with Crippen LogP contribution in [-0.4, -0.2) is 10.8 Å².